The van der Waals surface area contributed by atoms with Gasteiger partial charge in [0.2, 0.25) is 11.8 Å². The Balaban J connectivity index is 0.765. The fraction of sp³-hybridized carbons (Fsp3) is 0.838. The predicted molar refractivity (Wildman–Crippen MR) is 189 cm³/mol. The Morgan fingerprint density at radius 1 is 0.980 bits per heavy atom. The van der Waals surface area contributed by atoms with Crippen molar-refractivity contribution in [2.45, 2.75) is 138 Å². The van der Waals surface area contributed by atoms with E-state index >= 15 is 0 Å². The molecule has 0 aromatic heterocycles. The van der Waals surface area contributed by atoms with Gasteiger partial charge in [0.15, 0.2) is 11.7 Å². The van der Waals surface area contributed by atoms with E-state index < -0.39 is 22.9 Å². The molecule has 2 unspecified atom stereocenters. The van der Waals surface area contributed by atoms with Crippen molar-refractivity contribution in [1.82, 2.24) is 10.6 Å². The van der Waals surface area contributed by atoms with Gasteiger partial charge in [-0.05, 0) is 62.4 Å². The molecule has 51 heavy (non-hydrogen) atoms. The number of carbonyl (C=O) groups excluding carboxylic acids is 4. The molecule has 5 aliphatic heterocycles. The van der Waals surface area contributed by atoms with Gasteiger partial charge in [0, 0.05) is 54.3 Å². The number of ether oxygens (including phenoxy) is 6. The molecule has 4 saturated heterocycles. The topological polar surface area (TPSA) is 158 Å². The Hall–Kier alpha value is -1.84. The van der Waals surface area contributed by atoms with E-state index in [0.717, 1.165) is 42.1 Å². The molecule has 8 aliphatic rings. The van der Waals surface area contributed by atoms with E-state index in [4.69, 9.17) is 28.4 Å². The molecule has 0 aromatic carbocycles. The van der Waals surface area contributed by atoms with Crippen molar-refractivity contribution in [1.29, 1.82) is 0 Å². The van der Waals surface area contributed by atoms with Crippen molar-refractivity contribution in [2.75, 3.05) is 38.7 Å². The highest BCUT2D eigenvalue weighted by molar-refractivity contribution is 8.77. The number of epoxide rings is 3. The summed E-state index contributed by atoms with van der Waals surface area (Å²) in [5, 5.41) is 6.49. The molecule has 2 amide bonds. The van der Waals surface area contributed by atoms with Crippen molar-refractivity contribution in [3.63, 3.8) is 0 Å². The Morgan fingerprint density at radius 3 is 2.47 bits per heavy atom. The van der Waals surface area contributed by atoms with E-state index in [9.17, 15) is 19.2 Å². The van der Waals surface area contributed by atoms with E-state index in [1.807, 2.05) is 21.6 Å². The van der Waals surface area contributed by atoms with Crippen LogP contribution < -0.4 is 10.6 Å². The molecule has 2 N–H and O–H groups in total. The number of fused-ring (bicyclic) bond motifs is 4. The van der Waals surface area contributed by atoms with Crippen LogP contribution >= 0.6 is 21.6 Å². The summed E-state index contributed by atoms with van der Waals surface area (Å²) in [6.45, 7) is 8.32. The van der Waals surface area contributed by atoms with Crippen LogP contribution in [0.5, 0.6) is 0 Å². The lowest BCUT2D eigenvalue weighted by Gasteiger charge is -2.53. The number of hydrogen-bond acceptors (Lipinski definition) is 12. The maximum atomic E-state index is 13.4. The van der Waals surface area contributed by atoms with E-state index in [1.165, 1.54) is 18.6 Å². The summed E-state index contributed by atoms with van der Waals surface area (Å²) in [5.41, 5.74) is -0.497. The molecule has 12 nitrogen and oxygen atoms in total. The fourth-order valence-corrected chi connectivity index (χ4v) is 13.5. The van der Waals surface area contributed by atoms with Crippen molar-refractivity contribution in [3.05, 3.63) is 11.1 Å². The first kappa shape index (κ1) is 36.2. The van der Waals surface area contributed by atoms with Crippen LogP contribution in [0.2, 0.25) is 0 Å². The van der Waals surface area contributed by atoms with Gasteiger partial charge in [-0.2, -0.15) is 0 Å². The molecule has 282 valence electrons. The zero-order chi connectivity index (χ0) is 35.6. The van der Waals surface area contributed by atoms with Gasteiger partial charge in [0.05, 0.1) is 19.3 Å². The van der Waals surface area contributed by atoms with E-state index in [1.54, 1.807) is 0 Å². The lowest BCUT2D eigenvalue weighted by molar-refractivity contribution is -0.169. The lowest BCUT2D eigenvalue weighted by atomic mass is 9.46. The molecule has 0 radical (unpaired) electrons. The van der Waals surface area contributed by atoms with Crippen LogP contribution in [0.4, 0.5) is 0 Å². The number of carbonyl (C=O) groups is 4. The maximum Gasteiger partial charge on any atom is 0.334 e. The van der Waals surface area contributed by atoms with E-state index in [-0.39, 0.29) is 72.2 Å². The normalized spacial score (nSPS) is 40.6. The molecule has 8 rings (SSSR count). The Bertz CT molecular complexity index is 1470. The quantitative estimate of drug-likeness (QED) is 0.0962. The minimum absolute atomic E-state index is 0.0559. The highest BCUT2D eigenvalue weighted by atomic mass is 33.1. The summed E-state index contributed by atoms with van der Waals surface area (Å²) in [7, 11) is 3.93. The summed E-state index contributed by atoms with van der Waals surface area (Å²) in [6, 6.07) is 0. The van der Waals surface area contributed by atoms with Crippen molar-refractivity contribution in [3.8, 4) is 0 Å². The lowest BCUT2D eigenvalue weighted by Crippen LogP contribution is -2.70. The van der Waals surface area contributed by atoms with E-state index in [2.05, 4.69) is 31.4 Å². The van der Waals surface area contributed by atoms with Gasteiger partial charge in [-0.15, -0.1) is 0 Å². The number of unbranched alkanes of at least 4 members (excludes halogenated alkanes) is 1. The smallest absolute Gasteiger partial charge is 0.334 e. The third-order valence-electron chi connectivity index (χ3n) is 13.1. The van der Waals surface area contributed by atoms with Crippen LogP contribution in [-0.4, -0.2) is 109 Å². The third-order valence-corrected chi connectivity index (χ3v) is 16.2. The second-order valence-corrected chi connectivity index (χ2v) is 18.9. The molecule has 6 fully saturated rings. The molecule has 14 heteroatoms. The molecule has 2 spiro atoms. The van der Waals surface area contributed by atoms with Gasteiger partial charge < -0.3 is 39.1 Å². The fourth-order valence-electron chi connectivity index (χ4n) is 10.5. The maximum absolute atomic E-state index is 13.4. The number of hydrogen-bond donors (Lipinski definition) is 2. The number of nitrogens with one attached hydrogen (secondary N) is 2. The molecule has 2 saturated carbocycles. The molecule has 3 aliphatic carbocycles. The van der Waals surface area contributed by atoms with Gasteiger partial charge >= 0.3 is 11.9 Å². The SMILES string of the molecule is CC(C)[C@]12O[C@H]1[C@@H]1O[C@@]13[C@@]1(C)CCC4=C(COC4=O)[C@@H]1CC1O[C@@]13[C@@H]2OC(=O)CCCC(=O)NCCOCCNC(=O)CCCCC1CCSS1. The third kappa shape index (κ3) is 5.88. The number of cyclic esters (lactones) is 1. The average molecular weight is 749 g/mol. The summed E-state index contributed by atoms with van der Waals surface area (Å²) in [4.78, 5) is 50.4. The molecule has 5 heterocycles. The average Bonchev–Trinajstić information content (AvgIpc) is 4.04. The van der Waals surface area contributed by atoms with Crippen LogP contribution in [0.25, 0.3) is 0 Å². The minimum Gasteiger partial charge on any atom is -0.458 e. The molecule has 10 atom stereocenters. The largest absolute Gasteiger partial charge is 0.458 e. The molecule has 0 bridgehead atoms. The molecular formula is C37H52N2O10S2. The molecule has 0 aromatic rings. The van der Waals surface area contributed by atoms with E-state index in [0.29, 0.717) is 52.2 Å². The van der Waals surface area contributed by atoms with Gasteiger partial charge in [-0.25, -0.2) is 4.79 Å². The number of rotatable bonds is 17. The first-order valence-corrected chi connectivity index (χ1v) is 21.5. The van der Waals surface area contributed by atoms with Crippen molar-refractivity contribution in [2.24, 2.45) is 17.3 Å². The first-order valence-electron chi connectivity index (χ1n) is 19.1. The summed E-state index contributed by atoms with van der Waals surface area (Å²) in [5.74, 6) is 0.764. The number of amides is 2. The highest BCUT2D eigenvalue weighted by Crippen LogP contribution is 2.83. The Kier molecular flexibility index (Phi) is 9.77. The van der Waals surface area contributed by atoms with Crippen LogP contribution in [0, 0.1) is 17.3 Å². The standard InChI is InChI=1S/C37H52N2O10S2/c1-21(2)35-30(48-35)31-37(49-31)34(3)13-11-23-24(20-45-32(23)43)25(34)19-26-36(37,47-26)33(35)46-29(42)10-6-9-28(41)39-15-17-44-16-14-38-27(40)8-5-4-7-22-12-18-50-51-22/h21-22,25-26,30-31,33H,4-20H2,1-3H3,(H,38,40)(H,39,41)/t22?,25-,26?,30-,31-,33+,34-,35-,36+,37+/m0/s1. The second-order valence-electron chi connectivity index (χ2n) is 16.1. The monoisotopic (exact) mass is 748 g/mol. The summed E-state index contributed by atoms with van der Waals surface area (Å²) < 4.78 is 37.3. The zero-order valence-electron chi connectivity index (χ0n) is 30.0. The Morgan fingerprint density at radius 2 is 1.75 bits per heavy atom. The van der Waals surface area contributed by atoms with Gasteiger partial charge in [0.25, 0.3) is 0 Å². The van der Waals surface area contributed by atoms with Crippen LogP contribution in [0.15, 0.2) is 11.1 Å². The summed E-state index contributed by atoms with van der Waals surface area (Å²) >= 11 is 0. The first-order chi connectivity index (χ1) is 24.6. The number of esters is 2. The van der Waals surface area contributed by atoms with Crippen molar-refractivity contribution < 1.29 is 47.6 Å². The Labute approximate surface area is 307 Å². The van der Waals surface area contributed by atoms with Crippen molar-refractivity contribution >= 4 is 45.3 Å². The minimum atomic E-state index is -0.787. The zero-order valence-corrected chi connectivity index (χ0v) is 31.6. The van der Waals surface area contributed by atoms with Crippen LogP contribution in [-0.2, 0) is 47.6 Å². The second kappa shape index (κ2) is 13.8. The van der Waals surface area contributed by atoms with Gasteiger partial charge in [-0.1, -0.05) is 48.8 Å². The van der Waals surface area contributed by atoms with Gasteiger partial charge in [-0.3, -0.25) is 14.4 Å². The molecular weight excluding hydrogens is 697 g/mol. The predicted octanol–water partition coefficient (Wildman–Crippen LogP) is 3.79. The van der Waals surface area contributed by atoms with Gasteiger partial charge in [0.1, 0.15) is 30.0 Å². The van der Waals surface area contributed by atoms with Crippen LogP contribution in [0.1, 0.15) is 91.4 Å². The van der Waals surface area contributed by atoms with Crippen LogP contribution in [0.3, 0.4) is 0 Å². The highest BCUT2D eigenvalue weighted by Gasteiger charge is 3.01. The summed E-state index contributed by atoms with van der Waals surface area (Å²) in [6.07, 6.45) is 6.73.